The predicted octanol–water partition coefficient (Wildman–Crippen LogP) is 3.11. The SMILES string of the molecule is CC(Cc1ccc(Br)cc1)NC1CCCNCC1. The summed E-state index contributed by atoms with van der Waals surface area (Å²) >= 11 is 3.48. The average molecular weight is 311 g/mol. The Bertz CT molecular complexity index is 342. The van der Waals surface area contributed by atoms with Gasteiger partial charge in [0.05, 0.1) is 0 Å². The lowest BCUT2D eigenvalue weighted by atomic mass is 10.0. The molecule has 2 N–H and O–H groups in total. The Balaban J connectivity index is 1.80. The van der Waals surface area contributed by atoms with Crippen LogP contribution in [0.5, 0.6) is 0 Å². The van der Waals surface area contributed by atoms with Crippen molar-refractivity contribution < 1.29 is 0 Å². The van der Waals surface area contributed by atoms with Crippen LogP contribution < -0.4 is 10.6 Å². The second-order valence-electron chi connectivity index (χ2n) is 5.28. The predicted molar refractivity (Wildman–Crippen MR) is 81.0 cm³/mol. The van der Waals surface area contributed by atoms with Crippen molar-refractivity contribution in [1.29, 1.82) is 0 Å². The minimum Gasteiger partial charge on any atom is -0.317 e. The van der Waals surface area contributed by atoms with Crippen molar-refractivity contribution in [2.75, 3.05) is 13.1 Å². The van der Waals surface area contributed by atoms with Gasteiger partial charge in [0.25, 0.3) is 0 Å². The Morgan fingerprint density at radius 2 is 2.06 bits per heavy atom. The van der Waals surface area contributed by atoms with Crippen molar-refractivity contribution in [3.05, 3.63) is 34.3 Å². The van der Waals surface area contributed by atoms with Crippen LogP contribution in [0.3, 0.4) is 0 Å². The first-order valence-corrected chi connectivity index (χ1v) is 7.74. The summed E-state index contributed by atoms with van der Waals surface area (Å²) < 4.78 is 1.15. The molecule has 1 aliphatic heterocycles. The van der Waals surface area contributed by atoms with Gasteiger partial charge < -0.3 is 10.6 Å². The van der Waals surface area contributed by atoms with Gasteiger partial charge in [0.1, 0.15) is 0 Å². The molecule has 2 atom stereocenters. The van der Waals surface area contributed by atoms with Crippen molar-refractivity contribution in [2.24, 2.45) is 0 Å². The molecule has 0 saturated carbocycles. The van der Waals surface area contributed by atoms with E-state index in [-0.39, 0.29) is 0 Å². The molecule has 0 aromatic heterocycles. The lowest BCUT2D eigenvalue weighted by molar-refractivity contribution is 0.412. The fourth-order valence-corrected chi connectivity index (χ4v) is 2.89. The van der Waals surface area contributed by atoms with Crippen LogP contribution in [0.15, 0.2) is 28.7 Å². The highest BCUT2D eigenvalue weighted by Crippen LogP contribution is 2.13. The molecule has 2 nitrogen and oxygen atoms in total. The summed E-state index contributed by atoms with van der Waals surface area (Å²) in [5, 5.41) is 7.23. The van der Waals surface area contributed by atoms with E-state index in [1.807, 2.05) is 0 Å². The van der Waals surface area contributed by atoms with Crippen molar-refractivity contribution >= 4 is 15.9 Å². The molecule has 2 unspecified atom stereocenters. The summed E-state index contributed by atoms with van der Waals surface area (Å²) in [6.07, 6.45) is 4.96. The van der Waals surface area contributed by atoms with Crippen LogP contribution in [0.1, 0.15) is 31.7 Å². The summed E-state index contributed by atoms with van der Waals surface area (Å²) in [5.41, 5.74) is 1.41. The zero-order chi connectivity index (χ0) is 12.8. The maximum Gasteiger partial charge on any atom is 0.0175 e. The number of hydrogen-bond acceptors (Lipinski definition) is 2. The highest BCUT2D eigenvalue weighted by atomic mass is 79.9. The zero-order valence-corrected chi connectivity index (χ0v) is 12.7. The second kappa shape index (κ2) is 7.27. The van der Waals surface area contributed by atoms with Gasteiger partial charge in [-0.15, -0.1) is 0 Å². The van der Waals surface area contributed by atoms with E-state index in [4.69, 9.17) is 0 Å². The van der Waals surface area contributed by atoms with Gasteiger partial charge in [-0.05, 0) is 63.4 Å². The average Bonchev–Trinajstić information content (AvgIpc) is 2.61. The Kier molecular flexibility index (Phi) is 5.67. The molecule has 1 saturated heterocycles. The fraction of sp³-hybridized carbons (Fsp3) is 0.600. The normalized spacial score (nSPS) is 22.4. The van der Waals surface area contributed by atoms with Gasteiger partial charge in [-0.1, -0.05) is 28.1 Å². The van der Waals surface area contributed by atoms with Crippen LogP contribution >= 0.6 is 15.9 Å². The third-order valence-electron chi connectivity index (χ3n) is 3.55. The van der Waals surface area contributed by atoms with Gasteiger partial charge in [-0.25, -0.2) is 0 Å². The lowest BCUT2D eigenvalue weighted by Gasteiger charge is -2.22. The summed E-state index contributed by atoms with van der Waals surface area (Å²) in [7, 11) is 0. The van der Waals surface area contributed by atoms with Gasteiger partial charge in [-0.3, -0.25) is 0 Å². The smallest absolute Gasteiger partial charge is 0.0175 e. The van der Waals surface area contributed by atoms with Crippen LogP contribution in [-0.4, -0.2) is 25.2 Å². The molecule has 1 aromatic rings. The molecule has 1 fully saturated rings. The standard InChI is InChI=1S/C15H23BrN2/c1-12(11-13-4-6-14(16)7-5-13)18-15-3-2-9-17-10-8-15/h4-7,12,15,17-18H,2-3,8-11H2,1H3. The maximum absolute atomic E-state index is 3.77. The lowest BCUT2D eigenvalue weighted by Crippen LogP contribution is -2.38. The minimum absolute atomic E-state index is 0.550. The molecule has 0 amide bonds. The highest BCUT2D eigenvalue weighted by molar-refractivity contribution is 9.10. The van der Waals surface area contributed by atoms with E-state index in [1.165, 1.54) is 31.4 Å². The number of hydrogen-bond donors (Lipinski definition) is 2. The van der Waals surface area contributed by atoms with Gasteiger partial charge >= 0.3 is 0 Å². The Labute approximate surface area is 119 Å². The summed E-state index contributed by atoms with van der Waals surface area (Å²) in [5.74, 6) is 0. The molecule has 0 radical (unpaired) electrons. The van der Waals surface area contributed by atoms with Crippen LogP contribution in [0.2, 0.25) is 0 Å². The highest BCUT2D eigenvalue weighted by Gasteiger charge is 2.14. The number of halogens is 1. The fourth-order valence-electron chi connectivity index (χ4n) is 2.62. The number of nitrogens with one attached hydrogen (secondary N) is 2. The van der Waals surface area contributed by atoms with E-state index in [1.54, 1.807) is 0 Å². The van der Waals surface area contributed by atoms with Crippen molar-refractivity contribution in [3.8, 4) is 0 Å². The van der Waals surface area contributed by atoms with E-state index >= 15 is 0 Å². The Morgan fingerprint density at radius 1 is 1.28 bits per heavy atom. The minimum atomic E-state index is 0.550. The molecule has 0 aliphatic carbocycles. The van der Waals surface area contributed by atoms with Crippen LogP contribution in [0, 0.1) is 0 Å². The molecule has 2 rings (SSSR count). The monoisotopic (exact) mass is 310 g/mol. The molecular weight excluding hydrogens is 288 g/mol. The van der Waals surface area contributed by atoms with Crippen molar-refractivity contribution in [1.82, 2.24) is 10.6 Å². The quantitative estimate of drug-likeness (QED) is 0.893. The van der Waals surface area contributed by atoms with Crippen molar-refractivity contribution in [3.63, 3.8) is 0 Å². The number of rotatable bonds is 4. The van der Waals surface area contributed by atoms with E-state index in [0.29, 0.717) is 12.1 Å². The molecule has 18 heavy (non-hydrogen) atoms. The maximum atomic E-state index is 3.77. The summed E-state index contributed by atoms with van der Waals surface area (Å²) in [6, 6.07) is 9.89. The molecule has 0 spiro atoms. The van der Waals surface area contributed by atoms with E-state index in [9.17, 15) is 0 Å². The third kappa shape index (κ3) is 4.71. The first-order chi connectivity index (χ1) is 8.74. The van der Waals surface area contributed by atoms with E-state index in [0.717, 1.165) is 17.4 Å². The van der Waals surface area contributed by atoms with Crippen LogP contribution in [0.4, 0.5) is 0 Å². The van der Waals surface area contributed by atoms with E-state index in [2.05, 4.69) is 57.8 Å². The number of benzene rings is 1. The van der Waals surface area contributed by atoms with Gasteiger partial charge in [-0.2, -0.15) is 0 Å². The second-order valence-corrected chi connectivity index (χ2v) is 6.19. The van der Waals surface area contributed by atoms with Crippen LogP contribution in [0.25, 0.3) is 0 Å². The summed E-state index contributed by atoms with van der Waals surface area (Å²) in [4.78, 5) is 0. The Morgan fingerprint density at radius 3 is 2.83 bits per heavy atom. The first kappa shape index (κ1) is 14.0. The first-order valence-electron chi connectivity index (χ1n) is 6.95. The largest absolute Gasteiger partial charge is 0.317 e. The Hall–Kier alpha value is -0.380. The molecule has 1 aromatic carbocycles. The molecule has 3 heteroatoms. The van der Waals surface area contributed by atoms with Gasteiger partial charge in [0.15, 0.2) is 0 Å². The summed E-state index contributed by atoms with van der Waals surface area (Å²) in [6.45, 7) is 4.63. The molecule has 100 valence electrons. The van der Waals surface area contributed by atoms with Crippen molar-refractivity contribution in [2.45, 2.75) is 44.7 Å². The molecule has 1 heterocycles. The molecule has 0 bridgehead atoms. The van der Waals surface area contributed by atoms with Gasteiger partial charge in [0, 0.05) is 16.6 Å². The zero-order valence-electron chi connectivity index (χ0n) is 11.1. The molecular formula is C15H23BrN2. The van der Waals surface area contributed by atoms with E-state index < -0.39 is 0 Å². The topological polar surface area (TPSA) is 24.1 Å². The third-order valence-corrected chi connectivity index (χ3v) is 4.08. The van der Waals surface area contributed by atoms with Crippen LogP contribution in [-0.2, 0) is 6.42 Å². The van der Waals surface area contributed by atoms with Gasteiger partial charge in [0.2, 0.25) is 0 Å². The molecule has 1 aliphatic rings.